The van der Waals surface area contributed by atoms with E-state index >= 15 is 0 Å². The lowest BCUT2D eigenvalue weighted by Gasteiger charge is -2.43. The van der Waals surface area contributed by atoms with Crippen molar-refractivity contribution in [2.45, 2.75) is 49.8 Å². The zero-order chi connectivity index (χ0) is 18.5. The summed E-state index contributed by atoms with van der Waals surface area (Å²) in [5.41, 5.74) is 1.72. The van der Waals surface area contributed by atoms with Crippen LogP contribution in [0.25, 0.3) is 0 Å². The topological polar surface area (TPSA) is 99.4 Å². The van der Waals surface area contributed by atoms with Gasteiger partial charge < -0.3 is 29.9 Å². The van der Waals surface area contributed by atoms with Gasteiger partial charge >= 0.3 is 0 Å². The van der Waals surface area contributed by atoms with Gasteiger partial charge in [0.25, 0.3) is 0 Å². The van der Waals surface area contributed by atoms with Crippen molar-refractivity contribution >= 4 is 0 Å². The number of hydrogen-bond acceptors (Lipinski definition) is 6. The van der Waals surface area contributed by atoms with E-state index in [1.54, 1.807) is 0 Å². The van der Waals surface area contributed by atoms with E-state index < -0.39 is 36.6 Å². The van der Waals surface area contributed by atoms with Gasteiger partial charge in [-0.15, -0.1) is 0 Å². The van der Waals surface area contributed by atoms with Crippen molar-refractivity contribution in [1.82, 2.24) is 0 Å². The van der Waals surface area contributed by atoms with Crippen molar-refractivity contribution in [3.8, 4) is 0 Å². The first-order chi connectivity index (χ1) is 12.6. The first-order valence-electron chi connectivity index (χ1n) is 8.61. The number of rotatable bonds is 6. The summed E-state index contributed by atoms with van der Waals surface area (Å²) in [6, 6.07) is 18.5. The summed E-state index contributed by atoms with van der Waals surface area (Å²) in [6.07, 6.45) is -7.74. The molecule has 6 heteroatoms. The number of benzene rings is 2. The van der Waals surface area contributed by atoms with Gasteiger partial charge in [-0.2, -0.15) is 0 Å². The van der Waals surface area contributed by atoms with E-state index in [2.05, 4.69) is 0 Å². The van der Waals surface area contributed by atoms with Gasteiger partial charge in [0.1, 0.15) is 36.6 Å². The van der Waals surface area contributed by atoms with Gasteiger partial charge in [-0.25, -0.2) is 0 Å². The molecule has 1 saturated carbocycles. The third kappa shape index (κ3) is 4.29. The lowest BCUT2D eigenvalue weighted by atomic mass is 9.84. The molecule has 0 bridgehead atoms. The van der Waals surface area contributed by atoms with Crippen LogP contribution in [0.4, 0.5) is 0 Å². The van der Waals surface area contributed by atoms with E-state index in [4.69, 9.17) is 9.47 Å². The first-order valence-corrected chi connectivity index (χ1v) is 8.61. The van der Waals surface area contributed by atoms with Gasteiger partial charge in [0.05, 0.1) is 13.2 Å². The third-order valence-electron chi connectivity index (χ3n) is 4.62. The minimum Gasteiger partial charge on any atom is -0.387 e. The van der Waals surface area contributed by atoms with E-state index in [0.29, 0.717) is 0 Å². The Morgan fingerprint density at radius 1 is 0.538 bits per heavy atom. The second-order valence-electron chi connectivity index (χ2n) is 6.48. The average molecular weight is 360 g/mol. The molecule has 140 valence electrons. The van der Waals surface area contributed by atoms with Crippen LogP contribution in [-0.2, 0) is 22.7 Å². The number of hydrogen-bond donors (Lipinski definition) is 4. The van der Waals surface area contributed by atoms with Gasteiger partial charge in [-0.05, 0) is 11.1 Å². The molecule has 0 aliphatic heterocycles. The van der Waals surface area contributed by atoms with Crippen LogP contribution in [-0.4, -0.2) is 57.0 Å². The Bertz CT molecular complexity index is 589. The van der Waals surface area contributed by atoms with Crippen LogP contribution in [0.3, 0.4) is 0 Å². The Morgan fingerprint density at radius 3 is 1.15 bits per heavy atom. The maximum Gasteiger partial charge on any atom is 0.115 e. The van der Waals surface area contributed by atoms with E-state index in [1.165, 1.54) is 0 Å². The van der Waals surface area contributed by atoms with Crippen molar-refractivity contribution in [2.75, 3.05) is 0 Å². The van der Waals surface area contributed by atoms with Gasteiger partial charge in [0, 0.05) is 0 Å². The minimum atomic E-state index is -1.38. The zero-order valence-electron chi connectivity index (χ0n) is 14.3. The fourth-order valence-corrected chi connectivity index (χ4v) is 3.11. The average Bonchev–Trinajstić information content (AvgIpc) is 2.68. The highest BCUT2D eigenvalue weighted by molar-refractivity contribution is 5.15. The standard InChI is InChI=1S/C20H24O6/c21-15-17(23)20(26-12-14-9-5-2-6-10-14)18(24)16(22)19(15)25-11-13-7-3-1-4-8-13/h1-10,15-24H,11-12H2/t15-,16-,17-,18-,19?,20?/m0/s1. The molecule has 0 radical (unpaired) electrons. The smallest absolute Gasteiger partial charge is 0.115 e. The number of ether oxygens (including phenoxy) is 2. The van der Waals surface area contributed by atoms with E-state index in [0.717, 1.165) is 11.1 Å². The molecule has 3 rings (SSSR count). The summed E-state index contributed by atoms with van der Waals surface area (Å²) < 4.78 is 11.1. The molecule has 0 aromatic heterocycles. The summed E-state index contributed by atoms with van der Waals surface area (Å²) in [7, 11) is 0. The molecule has 4 N–H and O–H groups in total. The predicted octanol–water partition coefficient (Wildman–Crippen LogP) is 0.614. The molecule has 4 atom stereocenters. The van der Waals surface area contributed by atoms with Crippen LogP contribution in [0, 0.1) is 0 Å². The van der Waals surface area contributed by atoms with Crippen LogP contribution in [0.1, 0.15) is 11.1 Å². The molecule has 6 nitrogen and oxygen atoms in total. The van der Waals surface area contributed by atoms with Crippen molar-refractivity contribution in [3.63, 3.8) is 0 Å². The molecule has 1 aliphatic carbocycles. The lowest BCUT2D eigenvalue weighted by Crippen LogP contribution is -2.64. The minimum absolute atomic E-state index is 0.147. The van der Waals surface area contributed by atoms with Gasteiger partial charge in [-0.1, -0.05) is 60.7 Å². The van der Waals surface area contributed by atoms with Crippen LogP contribution in [0.5, 0.6) is 0 Å². The van der Waals surface area contributed by atoms with Crippen LogP contribution in [0.15, 0.2) is 60.7 Å². The molecule has 0 amide bonds. The van der Waals surface area contributed by atoms with Crippen LogP contribution >= 0.6 is 0 Å². The summed E-state index contributed by atoms with van der Waals surface area (Å²) >= 11 is 0. The summed E-state index contributed by atoms with van der Waals surface area (Å²) in [5, 5.41) is 41.4. The van der Waals surface area contributed by atoms with Gasteiger partial charge in [-0.3, -0.25) is 0 Å². The Labute approximate surface area is 152 Å². The normalized spacial score (nSPS) is 31.7. The van der Waals surface area contributed by atoms with E-state index in [1.807, 2.05) is 60.7 Å². The fraction of sp³-hybridized carbons (Fsp3) is 0.400. The van der Waals surface area contributed by atoms with Gasteiger partial charge in [0.2, 0.25) is 0 Å². The molecule has 2 aromatic carbocycles. The number of aliphatic hydroxyl groups excluding tert-OH is 4. The molecule has 0 unspecified atom stereocenters. The Hall–Kier alpha value is -1.80. The van der Waals surface area contributed by atoms with Crippen molar-refractivity contribution < 1.29 is 29.9 Å². The second kappa shape index (κ2) is 8.73. The van der Waals surface area contributed by atoms with E-state index in [9.17, 15) is 20.4 Å². The molecule has 0 heterocycles. The Morgan fingerprint density at radius 2 is 0.846 bits per heavy atom. The quantitative estimate of drug-likeness (QED) is 0.603. The van der Waals surface area contributed by atoms with Gasteiger partial charge in [0.15, 0.2) is 0 Å². The Balaban J connectivity index is 1.62. The predicted molar refractivity (Wildman–Crippen MR) is 94.1 cm³/mol. The molecular formula is C20H24O6. The van der Waals surface area contributed by atoms with Crippen molar-refractivity contribution in [2.24, 2.45) is 0 Å². The highest BCUT2D eigenvalue weighted by Crippen LogP contribution is 2.27. The molecule has 26 heavy (non-hydrogen) atoms. The number of aliphatic hydroxyl groups is 4. The van der Waals surface area contributed by atoms with E-state index in [-0.39, 0.29) is 13.2 Å². The second-order valence-corrected chi connectivity index (χ2v) is 6.48. The largest absolute Gasteiger partial charge is 0.387 e. The highest BCUT2D eigenvalue weighted by Gasteiger charge is 2.50. The van der Waals surface area contributed by atoms with Crippen molar-refractivity contribution in [1.29, 1.82) is 0 Å². The van der Waals surface area contributed by atoms with Crippen LogP contribution < -0.4 is 0 Å². The maximum atomic E-state index is 10.3. The molecule has 2 aromatic rings. The Kier molecular flexibility index (Phi) is 6.37. The van der Waals surface area contributed by atoms with Crippen LogP contribution in [0.2, 0.25) is 0 Å². The molecule has 0 spiro atoms. The third-order valence-corrected chi connectivity index (χ3v) is 4.62. The fourth-order valence-electron chi connectivity index (χ4n) is 3.11. The summed E-state index contributed by atoms with van der Waals surface area (Å²) in [6.45, 7) is 0.295. The molecular weight excluding hydrogens is 336 g/mol. The SMILES string of the molecule is O[C@@H]1C(OCc2ccccc2)[C@@H](O)[C@H](O)C(OCc2ccccc2)[C@H]1O. The summed E-state index contributed by atoms with van der Waals surface area (Å²) in [4.78, 5) is 0. The maximum absolute atomic E-state index is 10.3. The summed E-state index contributed by atoms with van der Waals surface area (Å²) in [5.74, 6) is 0. The molecule has 1 aliphatic rings. The monoisotopic (exact) mass is 360 g/mol. The highest BCUT2D eigenvalue weighted by atomic mass is 16.5. The first kappa shape index (κ1) is 19.0. The van der Waals surface area contributed by atoms with Crippen molar-refractivity contribution in [3.05, 3.63) is 71.8 Å². The molecule has 1 fully saturated rings. The zero-order valence-corrected chi connectivity index (χ0v) is 14.3. The molecule has 0 saturated heterocycles. The lowest BCUT2D eigenvalue weighted by molar-refractivity contribution is -0.250.